The van der Waals surface area contributed by atoms with Crippen LogP contribution < -0.4 is 4.74 Å². The van der Waals surface area contributed by atoms with E-state index >= 15 is 0 Å². The molecule has 1 heterocycles. The predicted molar refractivity (Wildman–Crippen MR) is 82.4 cm³/mol. The van der Waals surface area contributed by atoms with Gasteiger partial charge in [-0.25, -0.2) is 0 Å². The topological polar surface area (TPSA) is 22.0 Å². The third-order valence-corrected chi connectivity index (χ3v) is 3.97. The van der Waals surface area contributed by atoms with E-state index in [1.54, 1.807) is 0 Å². The molecule has 3 rings (SSSR count). The van der Waals surface area contributed by atoms with Gasteiger partial charge in [-0.3, -0.25) is 8.75 Å². The summed E-state index contributed by atoms with van der Waals surface area (Å²) in [4.78, 5) is 11.9. The summed E-state index contributed by atoms with van der Waals surface area (Å²) in [5.41, 5.74) is 3.27. The Balaban J connectivity index is 2.14. The lowest BCUT2D eigenvalue weighted by molar-refractivity contribution is 1.38. The second-order valence-corrected chi connectivity index (χ2v) is 5.35. The number of hydrogen-bond donors (Lipinski definition) is 0. The third kappa shape index (κ3) is 2.25. The van der Waals surface area contributed by atoms with Crippen LogP contribution in [0, 0.1) is 0 Å². The number of hydrogen-bond acceptors (Lipinski definition) is 2. The van der Waals surface area contributed by atoms with Crippen LogP contribution in [0.3, 0.4) is 0 Å². The van der Waals surface area contributed by atoms with Gasteiger partial charge in [0.2, 0.25) is 0 Å². The summed E-state index contributed by atoms with van der Waals surface area (Å²) < 4.78 is 2.05. The van der Waals surface area contributed by atoms with Gasteiger partial charge in [0.15, 0.2) is 0 Å². The molecule has 0 radical (unpaired) electrons. The highest BCUT2D eigenvalue weighted by molar-refractivity contribution is 7.05. The first-order chi connectivity index (χ1) is 9.25. The van der Waals surface area contributed by atoms with Gasteiger partial charge in [-0.1, -0.05) is 42.5 Å². The van der Waals surface area contributed by atoms with E-state index in [1.807, 2.05) is 52.6 Å². The molecule has 0 spiro atoms. The predicted octanol–water partition coefficient (Wildman–Crippen LogP) is 4.08. The van der Waals surface area contributed by atoms with Crippen molar-refractivity contribution in [2.45, 2.75) is 6.92 Å². The molecule has 3 aromatic rings. The van der Waals surface area contributed by atoms with Crippen molar-refractivity contribution >= 4 is 34.2 Å². The van der Waals surface area contributed by atoms with Gasteiger partial charge in [-0.05, 0) is 41.7 Å². The Bertz CT molecular complexity index is 796. The molecule has 0 N–H and O–H groups in total. The number of nitrogens with zero attached hydrogens (tertiary/aromatic N) is 1. The van der Waals surface area contributed by atoms with Crippen LogP contribution in [0.2, 0.25) is 0 Å². The molecule has 19 heavy (non-hydrogen) atoms. The molecule has 0 bridgehead atoms. The zero-order chi connectivity index (χ0) is 13.2. The van der Waals surface area contributed by atoms with Crippen LogP contribution in [0.4, 0.5) is 0 Å². The lowest BCUT2D eigenvalue weighted by atomic mass is 10.1. The molecule has 0 aliphatic heterocycles. The summed E-state index contributed by atoms with van der Waals surface area (Å²) in [6.07, 6.45) is 2.02. The molecule has 0 fully saturated rings. The van der Waals surface area contributed by atoms with Crippen molar-refractivity contribution in [3.05, 3.63) is 69.7 Å². The average Bonchev–Trinajstić information content (AvgIpc) is 2.77. The Kier molecular flexibility index (Phi) is 3.05. The fourth-order valence-corrected chi connectivity index (χ4v) is 2.99. The zero-order valence-electron chi connectivity index (χ0n) is 10.5. The molecule has 0 aliphatic carbocycles. The van der Waals surface area contributed by atoms with E-state index in [0.717, 1.165) is 16.5 Å². The van der Waals surface area contributed by atoms with E-state index in [1.165, 1.54) is 17.1 Å². The number of para-hydroxylation sites is 1. The van der Waals surface area contributed by atoms with Crippen LogP contribution in [0.25, 0.3) is 22.7 Å². The van der Waals surface area contributed by atoms with Crippen molar-refractivity contribution in [1.29, 1.82) is 0 Å². The highest BCUT2D eigenvalue weighted by Gasteiger charge is 2.05. The zero-order valence-corrected chi connectivity index (χ0v) is 11.4. The van der Waals surface area contributed by atoms with E-state index < -0.39 is 0 Å². The van der Waals surface area contributed by atoms with Crippen molar-refractivity contribution in [3.63, 3.8) is 0 Å². The van der Waals surface area contributed by atoms with Gasteiger partial charge in [0.1, 0.15) is 0 Å². The Morgan fingerprint density at radius 2 is 1.74 bits per heavy atom. The maximum Gasteiger partial charge on any atom is 0.257 e. The van der Waals surface area contributed by atoms with Gasteiger partial charge in [0.25, 0.3) is 4.74 Å². The molecule has 0 saturated heterocycles. The summed E-state index contributed by atoms with van der Waals surface area (Å²) in [7, 11) is 0. The Morgan fingerprint density at radius 1 is 1.05 bits per heavy atom. The molecular formula is C16H13NOS. The summed E-state index contributed by atoms with van der Waals surface area (Å²) in [6.45, 7) is 2.06. The molecule has 0 atom stereocenters. The van der Waals surface area contributed by atoms with Crippen LogP contribution in [0.5, 0.6) is 0 Å². The van der Waals surface area contributed by atoms with Crippen molar-refractivity contribution in [2.75, 3.05) is 0 Å². The van der Waals surface area contributed by atoms with E-state index in [9.17, 15) is 4.79 Å². The number of fused-ring (bicyclic) bond motifs is 1. The van der Waals surface area contributed by atoms with Gasteiger partial charge < -0.3 is 0 Å². The van der Waals surface area contributed by atoms with Crippen LogP contribution >= 0.6 is 11.5 Å². The second kappa shape index (κ2) is 4.86. The largest absolute Gasteiger partial charge is 0.276 e. The molecule has 0 aliphatic rings. The normalized spacial score (nSPS) is 11.9. The molecule has 0 unspecified atom stereocenters. The minimum Gasteiger partial charge on any atom is -0.276 e. The summed E-state index contributed by atoms with van der Waals surface area (Å²) in [5, 5.41) is 0.782. The summed E-state index contributed by atoms with van der Waals surface area (Å²) in [6, 6.07) is 17.9. The maximum atomic E-state index is 11.9. The summed E-state index contributed by atoms with van der Waals surface area (Å²) in [5.74, 6) is 0. The Morgan fingerprint density at radius 3 is 2.53 bits per heavy atom. The molecule has 0 saturated carbocycles. The average molecular weight is 267 g/mol. The van der Waals surface area contributed by atoms with Gasteiger partial charge in [0.05, 0.1) is 10.9 Å². The molecule has 0 amide bonds. The second-order valence-electron chi connectivity index (χ2n) is 4.40. The standard InChI is InChI=1S/C16H13NOS/c1-12(13-7-3-2-4-8-13)11-17-15-10-6-5-9-14(15)16(18)19-17/h2-11H,1H3/b12-11+. The minimum atomic E-state index is 0.104. The van der Waals surface area contributed by atoms with Gasteiger partial charge in [-0.15, -0.1) is 0 Å². The lowest BCUT2D eigenvalue weighted by Gasteiger charge is -2.02. The Hall–Kier alpha value is -2.13. The molecule has 2 aromatic carbocycles. The van der Waals surface area contributed by atoms with Crippen molar-refractivity contribution in [1.82, 2.24) is 3.96 Å². The van der Waals surface area contributed by atoms with Crippen LogP contribution in [0.1, 0.15) is 12.5 Å². The van der Waals surface area contributed by atoms with Crippen molar-refractivity contribution < 1.29 is 0 Å². The van der Waals surface area contributed by atoms with Crippen molar-refractivity contribution in [2.24, 2.45) is 0 Å². The van der Waals surface area contributed by atoms with Crippen LogP contribution in [-0.2, 0) is 0 Å². The number of allylic oxidation sites excluding steroid dienone is 1. The third-order valence-electron chi connectivity index (χ3n) is 3.08. The summed E-state index contributed by atoms with van der Waals surface area (Å²) >= 11 is 1.24. The Labute approximate surface area is 115 Å². The highest BCUT2D eigenvalue weighted by atomic mass is 32.1. The first-order valence-electron chi connectivity index (χ1n) is 6.10. The van der Waals surface area contributed by atoms with E-state index in [4.69, 9.17) is 0 Å². The number of benzene rings is 2. The van der Waals surface area contributed by atoms with Gasteiger partial charge >= 0.3 is 0 Å². The number of rotatable bonds is 2. The van der Waals surface area contributed by atoms with E-state index in [0.29, 0.717) is 0 Å². The monoisotopic (exact) mass is 267 g/mol. The van der Waals surface area contributed by atoms with E-state index in [-0.39, 0.29) is 4.74 Å². The SMILES string of the molecule is C/C(=C\n1sc(=O)c2ccccc21)c1ccccc1. The molecule has 1 aromatic heterocycles. The van der Waals surface area contributed by atoms with E-state index in [2.05, 4.69) is 19.1 Å². The smallest absolute Gasteiger partial charge is 0.257 e. The fraction of sp³-hybridized carbons (Fsp3) is 0.0625. The minimum absolute atomic E-state index is 0.104. The lowest BCUT2D eigenvalue weighted by Crippen LogP contribution is -1.85. The highest BCUT2D eigenvalue weighted by Crippen LogP contribution is 2.19. The van der Waals surface area contributed by atoms with Crippen molar-refractivity contribution in [3.8, 4) is 0 Å². The van der Waals surface area contributed by atoms with Crippen LogP contribution in [-0.4, -0.2) is 3.96 Å². The first kappa shape index (κ1) is 11.9. The van der Waals surface area contributed by atoms with Gasteiger partial charge in [0, 0.05) is 6.20 Å². The number of aromatic nitrogens is 1. The molecule has 3 heteroatoms. The maximum absolute atomic E-state index is 11.9. The van der Waals surface area contributed by atoms with Gasteiger partial charge in [-0.2, -0.15) is 0 Å². The quantitative estimate of drug-likeness (QED) is 0.685. The molecule has 94 valence electrons. The first-order valence-corrected chi connectivity index (χ1v) is 6.87. The molecule has 2 nitrogen and oxygen atoms in total. The fourth-order valence-electron chi connectivity index (χ4n) is 2.07. The van der Waals surface area contributed by atoms with Crippen LogP contribution in [0.15, 0.2) is 59.4 Å². The molecular weight excluding hydrogens is 254 g/mol.